The molecule has 0 atom stereocenters. The van der Waals surface area contributed by atoms with Gasteiger partial charge < -0.3 is 18.9 Å². The van der Waals surface area contributed by atoms with E-state index in [0.29, 0.717) is 35.2 Å². The number of fused-ring (bicyclic) bond motifs is 1. The number of nitrogens with zero attached hydrogens (tertiary/aromatic N) is 1. The van der Waals surface area contributed by atoms with Crippen molar-refractivity contribution in [1.82, 2.24) is 5.32 Å². The van der Waals surface area contributed by atoms with Crippen LogP contribution in [0.4, 0.5) is 10.5 Å². The number of methoxy groups -OCH3 is 1. The maximum atomic E-state index is 13.1. The third-order valence-electron chi connectivity index (χ3n) is 4.60. The van der Waals surface area contributed by atoms with Gasteiger partial charge >= 0.3 is 6.03 Å². The minimum Gasteiger partial charge on any atom is -0.493 e. The van der Waals surface area contributed by atoms with Crippen molar-refractivity contribution >= 4 is 41.2 Å². The van der Waals surface area contributed by atoms with Crippen LogP contribution in [0, 0.1) is 0 Å². The Labute approximate surface area is 182 Å². The SMILES string of the molecule is CCOc1cc(Cl)c(/C=C2\C(=O)NC(=O)N(c3ccc4c(c3)OCO4)C2=O)cc1OC. The van der Waals surface area contributed by atoms with E-state index in [-0.39, 0.29) is 23.1 Å². The number of rotatable bonds is 5. The largest absolute Gasteiger partial charge is 0.493 e. The molecule has 0 saturated carbocycles. The quantitative estimate of drug-likeness (QED) is 0.558. The zero-order chi connectivity index (χ0) is 22.1. The molecule has 0 spiro atoms. The number of carbonyl (C=O) groups excluding carboxylic acids is 3. The van der Waals surface area contributed by atoms with Crippen molar-refractivity contribution < 1.29 is 33.3 Å². The van der Waals surface area contributed by atoms with E-state index in [4.69, 9.17) is 30.5 Å². The first kappa shape index (κ1) is 20.5. The second-order valence-electron chi connectivity index (χ2n) is 6.45. The summed E-state index contributed by atoms with van der Waals surface area (Å²) in [5, 5.41) is 2.40. The molecular formula is C21H17ClN2O7. The zero-order valence-electron chi connectivity index (χ0n) is 16.6. The number of halogens is 1. The van der Waals surface area contributed by atoms with E-state index in [9.17, 15) is 14.4 Å². The van der Waals surface area contributed by atoms with E-state index < -0.39 is 17.8 Å². The summed E-state index contributed by atoms with van der Waals surface area (Å²) in [5.41, 5.74) is 0.298. The van der Waals surface area contributed by atoms with Crippen LogP contribution in [0.15, 0.2) is 35.9 Å². The Bertz CT molecular complexity index is 1130. The maximum absolute atomic E-state index is 13.1. The lowest BCUT2D eigenvalue weighted by Crippen LogP contribution is -2.54. The zero-order valence-corrected chi connectivity index (χ0v) is 17.3. The van der Waals surface area contributed by atoms with Crippen LogP contribution in [-0.2, 0) is 9.59 Å². The highest BCUT2D eigenvalue weighted by atomic mass is 35.5. The van der Waals surface area contributed by atoms with Gasteiger partial charge in [-0.05, 0) is 36.8 Å². The van der Waals surface area contributed by atoms with Crippen molar-refractivity contribution in [2.75, 3.05) is 25.4 Å². The number of imide groups is 2. The van der Waals surface area contributed by atoms with Gasteiger partial charge in [0.1, 0.15) is 5.57 Å². The number of hydrogen-bond acceptors (Lipinski definition) is 7. The van der Waals surface area contributed by atoms with Crippen molar-refractivity contribution in [3.05, 3.63) is 46.5 Å². The van der Waals surface area contributed by atoms with Gasteiger partial charge in [0, 0.05) is 12.1 Å². The topological polar surface area (TPSA) is 103 Å². The summed E-state index contributed by atoms with van der Waals surface area (Å²) in [6.07, 6.45) is 1.30. The Morgan fingerprint density at radius 3 is 2.65 bits per heavy atom. The lowest BCUT2D eigenvalue weighted by molar-refractivity contribution is -0.122. The molecule has 0 aromatic heterocycles. The average Bonchev–Trinajstić information content (AvgIpc) is 3.20. The molecule has 2 aromatic carbocycles. The van der Waals surface area contributed by atoms with Crippen molar-refractivity contribution in [2.24, 2.45) is 0 Å². The Kier molecular flexibility index (Phi) is 5.43. The van der Waals surface area contributed by atoms with Gasteiger partial charge in [-0.1, -0.05) is 11.6 Å². The predicted molar refractivity (Wildman–Crippen MR) is 111 cm³/mol. The minimum atomic E-state index is -0.874. The predicted octanol–water partition coefficient (Wildman–Crippen LogP) is 3.14. The summed E-state index contributed by atoms with van der Waals surface area (Å²) in [5.74, 6) is 0.0419. The number of amides is 4. The van der Waals surface area contributed by atoms with E-state index in [1.807, 2.05) is 6.92 Å². The van der Waals surface area contributed by atoms with Gasteiger partial charge in [-0.15, -0.1) is 0 Å². The molecule has 2 aliphatic heterocycles. The molecule has 1 saturated heterocycles. The number of barbiturate groups is 1. The summed E-state index contributed by atoms with van der Waals surface area (Å²) in [6, 6.07) is 6.78. The van der Waals surface area contributed by atoms with Crippen molar-refractivity contribution in [3.63, 3.8) is 0 Å². The molecule has 160 valence electrons. The highest BCUT2D eigenvalue weighted by Crippen LogP contribution is 2.37. The summed E-state index contributed by atoms with van der Waals surface area (Å²) >= 11 is 6.32. The average molecular weight is 445 g/mol. The van der Waals surface area contributed by atoms with Crippen LogP contribution in [0.2, 0.25) is 5.02 Å². The van der Waals surface area contributed by atoms with Gasteiger partial charge in [0.25, 0.3) is 11.8 Å². The van der Waals surface area contributed by atoms with E-state index in [0.717, 1.165) is 4.90 Å². The smallest absolute Gasteiger partial charge is 0.335 e. The van der Waals surface area contributed by atoms with Gasteiger partial charge in [0.2, 0.25) is 6.79 Å². The molecule has 0 radical (unpaired) electrons. The van der Waals surface area contributed by atoms with Crippen molar-refractivity contribution in [2.45, 2.75) is 6.92 Å². The molecule has 1 N–H and O–H groups in total. The molecule has 31 heavy (non-hydrogen) atoms. The highest BCUT2D eigenvalue weighted by molar-refractivity contribution is 6.40. The number of nitrogens with one attached hydrogen (secondary N) is 1. The van der Waals surface area contributed by atoms with Crippen LogP contribution in [0.3, 0.4) is 0 Å². The van der Waals surface area contributed by atoms with Crippen LogP contribution in [0.1, 0.15) is 12.5 Å². The molecular weight excluding hydrogens is 428 g/mol. The fourth-order valence-electron chi connectivity index (χ4n) is 3.16. The fraction of sp³-hybridized carbons (Fsp3) is 0.190. The molecule has 2 heterocycles. The number of benzene rings is 2. The van der Waals surface area contributed by atoms with Crippen LogP contribution in [-0.4, -0.2) is 38.4 Å². The molecule has 0 aliphatic carbocycles. The summed E-state index contributed by atoms with van der Waals surface area (Å²) in [6.45, 7) is 2.26. The van der Waals surface area contributed by atoms with E-state index in [2.05, 4.69) is 5.32 Å². The van der Waals surface area contributed by atoms with Crippen molar-refractivity contribution in [3.8, 4) is 23.0 Å². The molecule has 4 amide bonds. The Balaban J connectivity index is 1.73. The Hall–Kier alpha value is -3.72. The lowest BCUT2D eigenvalue weighted by atomic mass is 10.1. The van der Waals surface area contributed by atoms with Gasteiger partial charge in [0.15, 0.2) is 23.0 Å². The monoisotopic (exact) mass is 444 g/mol. The van der Waals surface area contributed by atoms with Crippen LogP contribution in [0.5, 0.6) is 23.0 Å². The minimum absolute atomic E-state index is 0.0423. The van der Waals surface area contributed by atoms with Crippen LogP contribution >= 0.6 is 11.6 Å². The normalized spacial score (nSPS) is 16.5. The van der Waals surface area contributed by atoms with Gasteiger partial charge in [-0.2, -0.15) is 0 Å². The fourth-order valence-corrected chi connectivity index (χ4v) is 3.37. The third-order valence-corrected chi connectivity index (χ3v) is 4.93. The summed E-state index contributed by atoms with van der Waals surface area (Å²) < 4.78 is 21.3. The number of carbonyl (C=O) groups is 3. The molecule has 2 aromatic rings. The standard InChI is InChI=1S/C21H17ClN2O7/c1-3-29-18-9-14(22)11(7-16(18)28-2)6-13-19(25)23-21(27)24(20(13)26)12-4-5-15-17(8-12)31-10-30-15/h4-9H,3,10H2,1-2H3,(H,23,25,27)/b13-6+. The van der Waals surface area contributed by atoms with Crippen molar-refractivity contribution in [1.29, 1.82) is 0 Å². The van der Waals surface area contributed by atoms with E-state index in [1.165, 1.54) is 31.4 Å². The number of urea groups is 1. The van der Waals surface area contributed by atoms with Crippen LogP contribution in [0.25, 0.3) is 6.08 Å². The second-order valence-corrected chi connectivity index (χ2v) is 6.86. The maximum Gasteiger partial charge on any atom is 0.335 e. The van der Waals surface area contributed by atoms with E-state index >= 15 is 0 Å². The molecule has 9 nitrogen and oxygen atoms in total. The molecule has 0 unspecified atom stereocenters. The Morgan fingerprint density at radius 2 is 1.90 bits per heavy atom. The summed E-state index contributed by atoms with van der Waals surface area (Å²) in [7, 11) is 1.46. The van der Waals surface area contributed by atoms with E-state index in [1.54, 1.807) is 12.1 Å². The number of ether oxygens (including phenoxy) is 4. The summed E-state index contributed by atoms with van der Waals surface area (Å²) in [4.78, 5) is 38.8. The first-order valence-corrected chi connectivity index (χ1v) is 9.62. The lowest BCUT2D eigenvalue weighted by Gasteiger charge is -2.26. The Morgan fingerprint density at radius 1 is 1.13 bits per heavy atom. The first-order chi connectivity index (χ1) is 14.9. The number of anilines is 1. The highest BCUT2D eigenvalue weighted by Gasteiger charge is 2.37. The van der Waals surface area contributed by atoms with Gasteiger partial charge in [0.05, 0.1) is 24.4 Å². The van der Waals surface area contributed by atoms with Gasteiger partial charge in [-0.25, -0.2) is 9.69 Å². The molecule has 10 heteroatoms. The molecule has 2 aliphatic rings. The first-order valence-electron chi connectivity index (χ1n) is 9.24. The second kappa shape index (κ2) is 8.19. The molecule has 1 fully saturated rings. The van der Waals surface area contributed by atoms with Crippen LogP contribution < -0.4 is 29.2 Å². The third kappa shape index (κ3) is 3.75. The molecule has 0 bridgehead atoms. The van der Waals surface area contributed by atoms with Gasteiger partial charge in [-0.3, -0.25) is 14.9 Å². The molecule has 4 rings (SSSR count). The number of hydrogen-bond donors (Lipinski definition) is 1.